The predicted octanol–water partition coefficient (Wildman–Crippen LogP) is 1.10. The smallest absolute Gasteiger partial charge is 0.241 e. The van der Waals surface area contributed by atoms with Gasteiger partial charge < -0.3 is 19.6 Å². The highest BCUT2D eigenvalue weighted by Gasteiger charge is 2.37. The first-order valence-electron chi connectivity index (χ1n) is 8.27. The number of likely N-dealkylation sites (N-methyl/N-ethyl adjacent to an activating group) is 1. The number of hydrogen-bond acceptors (Lipinski definition) is 7. The van der Waals surface area contributed by atoms with Gasteiger partial charge in [-0.3, -0.25) is 9.69 Å². The number of likely N-dealkylation sites (tertiary alicyclic amines) is 1. The van der Waals surface area contributed by atoms with E-state index in [0.717, 1.165) is 0 Å². The Hall–Kier alpha value is -2.19. The van der Waals surface area contributed by atoms with E-state index in [1.54, 1.807) is 18.4 Å². The summed E-state index contributed by atoms with van der Waals surface area (Å²) < 4.78 is 10.6. The zero-order valence-corrected chi connectivity index (χ0v) is 14.0. The summed E-state index contributed by atoms with van der Waals surface area (Å²) in [5, 5.41) is 3.92. The van der Waals surface area contributed by atoms with Crippen molar-refractivity contribution in [2.45, 2.75) is 38.9 Å². The number of hydrogen-bond donors (Lipinski definition) is 1. The zero-order valence-electron chi connectivity index (χ0n) is 14.0. The molecule has 2 atom stereocenters. The number of carbonyl (C=O) groups excluding carboxylic acids is 1. The van der Waals surface area contributed by atoms with Gasteiger partial charge in [0.1, 0.15) is 0 Å². The lowest BCUT2D eigenvalue weighted by molar-refractivity contribution is -0.135. The second-order valence-electron chi connectivity index (χ2n) is 5.94. The van der Waals surface area contributed by atoms with Crippen molar-refractivity contribution in [1.29, 1.82) is 0 Å². The highest BCUT2D eigenvalue weighted by Crippen LogP contribution is 2.22. The monoisotopic (exact) mass is 333 g/mol. The van der Waals surface area contributed by atoms with E-state index in [-0.39, 0.29) is 18.0 Å². The molecule has 3 rings (SSSR count). The van der Waals surface area contributed by atoms with Crippen LogP contribution in [-0.2, 0) is 11.3 Å². The van der Waals surface area contributed by atoms with Crippen molar-refractivity contribution in [2.24, 2.45) is 5.73 Å². The predicted molar refractivity (Wildman–Crippen MR) is 86.7 cm³/mol. The highest BCUT2D eigenvalue weighted by molar-refractivity contribution is 5.82. The lowest BCUT2D eigenvalue weighted by atomic mass is 10.1. The van der Waals surface area contributed by atoms with Crippen LogP contribution in [0.1, 0.15) is 26.2 Å². The number of furan rings is 1. The molecule has 1 amide bonds. The van der Waals surface area contributed by atoms with Crippen molar-refractivity contribution in [2.75, 3.05) is 19.6 Å². The number of nitrogens with two attached hydrogens (primary N) is 1. The Labute approximate surface area is 140 Å². The van der Waals surface area contributed by atoms with Gasteiger partial charge in [-0.25, -0.2) is 0 Å². The second-order valence-corrected chi connectivity index (χ2v) is 5.94. The van der Waals surface area contributed by atoms with Crippen molar-refractivity contribution in [1.82, 2.24) is 19.9 Å². The molecule has 1 fully saturated rings. The Balaban J connectivity index is 1.72. The lowest BCUT2D eigenvalue weighted by Crippen LogP contribution is -2.45. The van der Waals surface area contributed by atoms with Crippen LogP contribution in [0.15, 0.2) is 27.3 Å². The number of aromatic nitrogens is 2. The van der Waals surface area contributed by atoms with Crippen LogP contribution in [0.3, 0.4) is 0 Å². The Bertz CT molecular complexity index is 665. The molecule has 2 aromatic rings. The molecular weight excluding hydrogens is 310 g/mol. The third-order valence-corrected chi connectivity index (χ3v) is 4.34. The quantitative estimate of drug-likeness (QED) is 0.844. The Kier molecular flexibility index (Phi) is 4.96. The van der Waals surface area contributed by atoms with Crippen LogP contribution in [0.4, 0.5) is 0 Å². The van der Waals surface area contributed by atoms with Crippen molar-refractivity contribution < 1.29 is 13.7 Å². The first kappa shape index (κ1) is 16.7. The summed E-state index contributed by atoms with van der Waals surface area (Å²) in [5.41, 5.74) is 6.08. The molecule has 1 aliphatic rings. The van der Waals surface area contributed by atoms with E-state index in [0.29, 0.717) is 50.1 Å². The van der Waals surface area contributed by atoms with Crippen LogP contribution in [0.2, 0.25) is 0 Å². The molecule has 8 nitrogen and oxygen atoms in total. The van der Waals surface area contributed by atoms with Crippen molar-refractivity contribution in [3.05, 3.63) is 24.3 Å². The van der Waals surface area contributed by atoms with Gasteiger partial charge in [0, 0.05) is 25.7 Å². The lowest BCUT2D eigenvalue weighted by Gasteiger charge is -2.27. The van der Waals surface area contributed by atoms with Crippen LogP contribution >= 0.6 is 0 Å². The van der Waals surface area contributed by atoms with E-state index in [1.165, 1.54) is 0 Å². The SMILES string of the molecule is CCN(CC)C(=O)[C@@H]1C[C@H](N)CN1Cc1nc(-c2ccco2)no1. The summed E-state index contributed by atoms with van der Waals surface area (Å²) >= 11 is 0. The molecule has 3 heterocycles. The first-order chi connectivity index (χ1) is 11.6. The standard InChI is InChI=1S/C16H23N5O3/c1-3-20(4-2)16(22)12-8-11(17)9-21(12)10-14-18-15(19-24-14)13-6-5-7-23-13/h5-7,11-12H,3-4,8-10,17H2,1-2H3/t11-,12-/m0/s1. The normalized spacial score (nSPS) is 21.3. The molecule has 8 heteroatoms. The van der Waals surface area contributed by atoms with Crippen LogP contribution < -0.4 is 5.73 Å². The Morgan fingerprint density at radius 3 is 2.92 bits per heavy atom. The molecule has 130 valence electrons. The fourth-order valence-electron chi connectivity index (χ4n) is 3.12. The summed E-state index contributed by atoms with van der Waals surface area (Å²) in [6.07, 6.45) is 2.21. The second kappa shape index (κ2) is 7.14. The topological polar surface area (TPSA) is 102 Å². The molecule has 0 aliphatic carbocycles. The largest absolute Gasteiger partial charge is 0.461 e. The number of rotatable bonds is 6. The van der Waals surface area contributed by atoms with Gasteiger partial charge in [-0.2, -0.15) is 4.98 Å². The minimum absolute atomic E-state index is 0.0259. The molecule has 24 heavy (non-hydrogen) atoms. The maximum Gasteiger partial charge on any atom is 0.241 e. The summed E-state index contributed by atoms with van der Waals surface area (Å²) in [4.78, 5) is 20.9. The summed E-state index contributed by atoms with van der Waals surface area (Å²) in [7, 11) is 0. The van der Waals surface area contributed by atoms with Gasteiger partial charge >= 0.3 is 0 Å². The number of amides is 1. The van der Waals surface area contributed by atoms with Gasteiger partial charge in [0.2, 0.25) is 17.6 Å². The average Bonchev–Trinajstić information content (AvgIpc) is 3.29. The molecule has 0 spiro atoms. The highest BCUT2D eigenvalue weighted by atomic mass is 16.5. The maximum atomic E-state index is 12.7. The van der Waals surface area contributed by atoms with Gasteiger partial charge in [0.15, 0.2) is 5.76 Å². The molecule has 0 radical (unpaired) electrons. The van der Waals surface area contributed by atoms with Gasteiger partial charge in [-0.1, -0.05) is 5.16 Å². The van der Waals surface area contributed by atoms with E-state index in [2.05, 4.69) is 10.1 Å². The van der Waals surface area contributed by atoms with Gasteiger partial charge in [0.05, 0.1) is 18.8 Å². The van der Waals surface area contributed by atoms with Crippen LogP contribution in [0.25, 0.3) is 11.6 Å². The Morgan fingerprint density at radius 1 is 1.46 bits per heavy atom. The first-order valence-corrected chi connectivity index (χ1v) is 8.27. The van der Waals surface area contributed by atoms with Gasteiger partial charge in [-0.15, -0.1) is 0 Å². The summed E-state index contributed by atoms with van der Waals surface area (Å²) in [6, 6.07) is 3.28. The molecule has 2 N–H and O–H groups in total. The number of nitrogens with zero attached hydrogens (tertiary/aromatic N) is 4. The molecule has 1 aliphatic heterocycles. The molecule has 0 saturated carbocycles. The van der Waals surface area contributed by atoms with E-state index in [9.17, 15) is 4.79 Å². The van der Waals surface area contributed by atoms with Gasteiger partial charge in [0.25, 0.3) is 0 Å². The average molecular weight is 333 g/mol. The van der Waals surface area contributed by atoms with E-state index < -0.39 is 0 Å². The van der Waals surface area contributed by atoms with Crippen molar-refractivity contribution >= 4 is 5.91 Å². The molecular formula is C16H23N5O3. The maximum absolute atomic E-state index is 12.7. The number of carbonyl (C=O) groups is 1. The summed E-state index contributed by atoms with van der Waals surface area (Å²) in [5.74, 6) is 1.52. The van der Waals surface area contributed by atoms with Crippen LogP contribution in [0, 0.1) is 0 Å². The molecule has 0 aromatic carbocycles. The zero-order chi connectivity index (χ0) is 17.1. The third-order valence-electron chi connectivity index (χ3n) is 4.34. The van der Waals surface area contributed by atoms with E-state index >= 15 is 0 Å². The molecule has 0 bridgehead atoms. The minimum atomic E-state index is -0.237. The molecule has 0 unspecified atom stereocenters. The van der Waals surface area contributed by atoms with Crippen LogP contribution in [-0.4, -0.2) is 57.6 Å². The fourth-order valence-corrected chi connectivity index (χ4v) is 3.12. The van der Waals surface area contributed by atoms with Crippen LogP contribution in [0.5, 0.6) is 0 Å². The Morgan fingerprint density at radius 2 is 2.25 bits per heavy atom. The van der Waals surface area contributed by atoms with E-state index in [1.807, 2.05) is 23.6 Å². The fraction of sp³-hybridized carbons (Fsp3) is 0.562. The van der Waals surface area contributed by atoms with Crippen molar-refractivity contribution in [3.8, 4) is 11.6 Å². The van der Waals surface area contributed by atoms with Gasteiger partial charge in [-0.05, 0) is 32.4 Å². The summed E-state index contributed by atoms with van der Waals surface area (Å²) in [6.45, 7) is 6.38. The van der Waals surface area contributed by atoms with Crippen molar-refractivity contribution in [3.63, 3.8) is 0 Å². The molecule has 1 saturated heterocycles. The molecule has 2 aromatic heterocycles. The minimum Gasteiger partial charge on any atom is -0.461 e. The third kappa shape index (κ3) is 3.34. The van der Waals surface area contributed by atoms with E-state index in [4.69, 9.17) is 14.7 Å².